The minimum Gasteiger partial charge on any atom is -0.384 e. The third-order valence-corrected chi connectivity index (χ3v) is 2.00. The van der Waals surface area contributed by atoms with Gasteiger partial charge in [-0.3, -0.25) is 5.10 Å². The highest BCUT2D eigenvalue weighted by Gasteiger charge is 2.03. The van der Waals surface area contributed by atoms with E-state index in [0.717, 1.165) is 16.8 Å². The molecule has 0 aliphatic rings. The molecule has 15 heavy (non-hydrogen) atoms. The maximum Gasteiger partial charge on any atom is 0.104 e. The molecule has 0 bridgehead atoms. The van der Waals surface area contributed by atoms with Crippen LogP contribution in [0, 0.1) is 11.8 Å². The van der Waals surface area contributed by atoms with E-state index < -0.39 is 0 Å². The monoisotopic (exact) mass is 198 g/mol. The molecule has 0 spiro atoms. The van der Waals surface area contributed by atoms with Gasteiger partial charge in [0.1, 0.15) is 6.61 Å². The molecule has 0 fully saturated rings. The van der Waals surface area contributed by atoms with Crippen LogP contribution in [-0.4, -0.2) is 21.9 Å². The molecule has 0 aliphatic heterocycles. The summed E-state index contributed by atoms with van der Waals surface area (Å²) in [5, 5.41) is 15.5. The molecule has 0 aliphatic carbocycles. The summed E-state index contributed by atoms with van der Waals surface area (Å²) < 4.78 is 0. The Balaban J connectivity index is 2.42. The van der Waals surface area contributed by atoms with Crippen molar-refractivity contribution in [2.75, 3.05) is 6.61 Å². The minimum atomic E-state index is -0.139. The van der Waals surface area contributed by atoms with Gasteiger partial charge in [-0.1, -0.05) is 42.2 Å². The SMILES string of the molecule is OCC#Cc1cn[nH]c1-c1ccccc1. The summed E-state index contributed by atoms with van der Waals surface area (Å²) in [7, 11) is 0. The Bertz CT molecular complexity index is 491. The molecular formula is C12H10N2O. The molecule has 0 unspecified atom stereocenters. The maximum absolute atomic E-state index is 8.62. The standard InChI is InChI=1S/C12H10N2O/c15-8-4-7-11-9-13-14-12(11)10-5-2-1-3-6-10/h1-3,5-6,9,15H,8H2,(H,13,14). The van der Waals surface area contributed by atoms with E-state index in [1.165, 1.54) is 0 Å². The van der Waals surface area contributed by atoms with Gasteiger partial charge in [0, 0.05) is 5.56 Å². The Labute approximate surface area is 87.8 Å². The molecule has 0 radical (unpaired) electrons. The Morgan fingerprint density at radius 3 is 2.80 bits per heavy atom. The Morgan fingerprint density at radius 2 is 2.07 bits per heavy atom. The van der Waals surface area contributed by atoms with E-state index in [4.69, 9.17) is 5.11 Å². The van der Waals surface area contributed by atoms with Crippen molar-refractivity contribution in [2.45, 2.75) is 0 Å². The lowest BCUT2D eigenvalue weighted by Gasteiger charge is -1.96. The van der Waals surface area contributed by atoms with Gasteiger partial charge in [0.05, 0.1) is 17.5 Å². The lowest BCUT2D eigenvalue weighted by molar-refractivity contribution is 0.350. The number of H-pyrrole nitrogens is 1. The number of rotatable bonds is 1. The molecule has 74 valence electrons. The predicted molar refractivity (Wildman–Crippen MR) is 58.0 cm³/mol. The molecule has 0 saturated heterocycles. The van der Waals surface area contributed by atoms with E-state index in [-0.39, 0.29) is 6.61 Å². The van der Waals surface area contributed by atoms with Crippen molar-refractivity contribution in [1.29, 1.82) is 0 Å². The van der Waals surface area contributed by atoms with Gasteiger partial charge in [-0.25, -0.2) is 0 Å². The smallest absolute Gasteiger partial charge is 0.104 e. The number of hydrogen-bond donors (Lipinski definition) is 2. The van der Waals surface area contributed by atoms with Crippen LogP contribution < -0.4 is 0 Å². The molecule has 2 N–H and O–H groups in total. The lowest BCUT2D eigenvalue weighted by Crippen LogP contribution is -1.81. The van der Waals surface area contributed by atoms with Gasteiger partial charge in [0.15, 0.2) is 0 Å². The topological polar surface area (TPSA) is 48.9 Å². The molecule has 0 amide bonds. The maximum atomic E-state index is 8.62. The summed E-state index contributed by atoms with van der Waals surface area (Å²) in [6.07, 6.45) is 1.66. The molecule has 1 heterocycles. The van der Waals surface area contributed by atoms with E-state index in [1.807, 2.05) is 30.3 Å². The average Bonchev–Trinajstić information content (AvgIpc) is 2.75. The van der Waals surface area contributed by atoms with Gasteiger partial charge in [-0.15, -0.1) is 0 Å². The van der Waals surface area contributed by atoms with Gasteiger partial charge in [0.25, 0.3) is 0 Å². The Kier molecular flexibility index (Phi) is 2.82. The van der Waals surface area contributed by atoms with Crippen molar-refractivity contribution >= 4 is 0 Å². The summed E-state index contributed by atoms with van der Waals surface area (Å²) in [6.45, 7) is -0.139. The lowest BCUT2D eigenvalue weighted by atomic mass is 10.1. The second-order valence-corrected chi connectivity index (χ2v) is 2.98. The molecule has 1 aromatic carbocycles. The molecule has 0 saturated carbocycles. The van der Waals surface area contributed by atoms with Gasteiger partial charge >= 0.3 is 0 Å². The average molecular weight is 198 g/mol. The summed E-state index contributed by atoms with van der Waals surface area (Å²) >= 11 is 0. The summed E-state index contributed by atoms with van der Waals surface area (Å²) in [5.74, 6) is 5.45. The molecule has 3 nitrogen and oxygen atoms in total. The number of nitrogens with one attached hydrogen (secondary N) is 1. The fraction of sp³-hybridized carbons (Fsp3) is 0.0833. The van der Waals surface area contributed by atoms with Crippen LogP contribution in [0.4, 0.5) is 0 Å². The molecule has 2 aromatic rings. The summed E-state index contributed by atoms with van der Waals surface area (Å²) in [5.41, 5.74) is 2.73. The Hall–Kier alpha value is -2.05. The second-order valence-electron chi connectivity index (χ2n) is 2.98. The quantitative estimate of drug-likeness (QED) is 0.681. The molecule has 2 rings (SSSR count). The number of aromatic nitrogens is 2. The largest absolute Gasteiger partial charge is 0.384 e. The number of benzene rings is 1. The van der Waals surface area contributed by atoms with E-state index in [0.29, 0.717) is 0 Å². The van der Waals surface area contributed by atoms with Gasteiger partial charge < -0.3 is 5.11 Å². The van der Waals surface area contributed by atoms with Crippen molar-refractivity contribution in [1.82, 2.24) is 10.2 Å². The van der Waals surface area contributed by atoms with Crippen LogP contribution in [-0.2, 0) is 0 Å². The number of aromatic amines is 1. The van der Waals surface area contributed by atoms with Gasteiger partial charge in [-0.05, 0) is 0 Å². The zero-order valence-electron chi connectivity index (χ0n) is 8.07. The number of aliphatic hydroxyl groups excluding tert-OH is 1. The first-order chi connectivity index (χ1) is 7.42. The van der Waals surface area contributed by atoms with Crippen LogP contribution in [0.25, 0.3) is 11.3 Å². The third-order valence-electron chi connectivity index (χ3n) is 2.00. The zero-order valence-corrected chi connectivity index (χ0v) is 8.07. The van der Waals surface area contributed by atoms with Crippen molar-refractivity contribution in [2.24, 2.45) is 0 Å². The van der Waals surface area contributed by atoms with Crippen LogP contribution in [0.1, 0.15) is 5.56 Å². The third kappa shape index (κ3) is 2.06. The number of hydrogen-bond acceptors (Lipinski definition) is 2. The van der Waals surface area contributed by atoms with Crippen molar-refractivity contribution in [3.63, 3.8) is 0 Å². The fourth-order valence-electron chi connectivity index (χ4n) is 1.34. The van der Waals surface area contributed by atoms with E-state index in [9.17, 15) is 0 Å². The fourth-order valence-corrected chi connectivity index (χ4v) is 1.34. The first-order valence-corrected chi connectivity index (χ1v) is 4.60. The van der Waals surface area contributed by atoms with Crippen molar-refractivity contribution in [3.8, 4) is 23.1 Å². The van der Waals surface area contributed by atoms with Gasteiger partial charge in [0.2, 0.25) is 0 Å². The highest BCUT2D eigenvalue weighted by Crippen LogP contribution is 2.19. The zero-order chi connectivity index (χ0) is 10.5. The van der Waals surface area contributed by atoms with Crippen molar-refractivity contribution in [3.05, 3.63) is 42.1 Å². The summed E-state index contributed by atoms with van der Waals surface area (Å²) in [4.78, 5) is 0. The Morgan fingerprint density at radius 1 is 1.27 bits per heavy atom. The number of aliphatic hydroxyl groups is 1. The number of nitrogens with zero attached hydrogens (tertiary/aromatic N) is 1. The van der Waals surface area contributed by atoms with Gasteiger partial charge in [-0.2, -0.15) is 5.10 Å². The van der Waals surface area contributed by atoms with E-state index >= 15 is 0 Å². The van der Waals surface area contributed by atoms with Crippen LogP contribution >= 0.6 is 0 Å². The van der Waals surface area contributed by atoms with Crippen LogP contribution in [0.2, 0.25) is 0 Å². The highest BCUT2D eigenvalue weighted by molar-refractivity contribution is 5.66. The second kappa shape index (κ2) is 4.45. The molecule has 0 atom stereocenters. The normalized spacial score (nSPS) is 9.40. The first kappa shape index (κ1) is 9.50. The highest BCUT2D eigenvalue weighted by atomic mass is 16.2. The van der Waals surface area contributed by atoms with E-state index in [1.54, 1.807) is 6.20 Å². The minimum absolute atomic E-state index is 0.139. The predicted octanol–water partition coefficient (Wildman–Crippen LogP) is 1.42. The molecule has 3 heteroatoms. The van der Waals surface area contributed by atoms with Crippen molar-refractivity contribution < 1.29 is 5.11 Å². The molecular weight excluding hydrogens is 188 g/mol. The van der Waals surface area contributed by atoms with Crippen LogP contribution in [0.3, 0.4) is 0 Å². The summed E-state index contributed by atoms with van der Waals surface area (Å²) in [6, 6.07) is 9.84. The first-order valence-electron chi connectivity index (χ1n) is 4.60. The van der Waals surface area contributed by atoms with Crippen LogP contribution in [0.5, 0.6) is 0 Å². The van der Waals surface area contributed by atoms with E-state index in [2.05, 4.69) is 22.0 Å². The van der Waals surface area contributed by atoms with Crippen LogP contribution in [0.15, 0.2) is 36.5 Å². The molecule has 1 aromatic heterocycles.